The van der Waals surface area contributed by atoms with Crippen LogP contribution in [0.1, 0.15) is 182 Å². The first-order valence-corrected chi connectivity index (χ1v) is 26.0. The summed E-state index contributed by atoms with van der Waals surface area (Å²) in [5, 5.41) is 14.1. The van der Waals surface area contributed by atoms with E-state index in [0.717, 1.165) is 0 Å². The molecule has 58 heavy (non-hydrogen) atoms. The lowest BCUT2D eigenvalue weighted by Gasteiger charge is -2.23. The van der Waals surface area contributed by atoms with E-state index in [0.29, 0.717) is 0 Å². The first-order valence-electron chi connectivity index (χ1n) is 24.4. The molecule has 0 N–H and O–H groups in total. The van der Waals surface area contributed by atoms with Gasteiger partial charge >= 0.3 is 0 Å². The molecule has 316 valence electrons. The number of hydrogen-bond acceptors (Lipinski definition) is 4. The van der Waals surface area contributed by atoms with Crippen LogP contribution in [0.5, 0.6) is 0 Å². The molecule has 0 saturated carbocycles. The molecule has 2 aromatic heterocycles. The third-order valence-corrected chi connectivity index (χ3v) is 15.1. The van der Waals surface area contributed by atoms with E-state index >= 15 is 0 Å². The summed E-state index contributed by atoms with van der Waals surface area (Å²) in [6, 6.07) is 24.6. The zero-order valence-electron chi connectivity index (χ0n) is 37.3. The van der Waals surface area contributed by atoms with Crippen molar-refractivity contribution in [3.05, 3.63) is 60.7 Å². The van der Waals surface area contributed by atoms with Crippen molar-refractivity contribution in [2.45, 2.75) is 182 Å². The van der Waals surface area contributed by atoms with Crippen LogP contribution >= 0.6 is 22.7 Å². The smallest absolute Gasteiger partial charge is 0.0920 e. The largest absolute Gasteiger partial charge is 0.363 e. The highest BCUT2D eigenvalue weighted by molar-refractivity contribution is 7.23. The summed E-state index contributed by atoms with van der Waals surface area (Å²) in [6.45, 7) is 14.0. The maximum Gasteiger partial charge on any atom is 0.0920 e. The molecular weight excluding hydrogens is 741 g/mol. The summed E-state index contributed by atoms with van der Waals surface area (Å²) in [5.41, 5.74) is 0. The Morgan fingerprint density at radius 3 is 0.948 bits per heavy atom. The van der Waals surface area contributed by atoms with Crippen LogP contribution in [0, 0.1) is 0 Å². The lowest BCUT2D eigenvalue weighted by molar-refractivity contribution is 0.576. The van der Waals surface area contributed by atoms with E-state index in [9.17, 15) is 0 Å². The fraction of sp³-hybridized carbons (Fsp3) is 0.593. The molecule has 4 heteroatoms. The van der Waals surface area contributed by atoms with Gasteiger partial charge in [0, 0.05) is 35.6 Å². The molecule has 0 unspecified atom stereocenters. The van der Waals surface area contributed by atoms with Gasteiger partial charge in [-0.15, -0.1) is 22.7 Å². The van der Waals surface area contributed by atoms with Gasteiger partial charge in [0.15, 0.2) is 0 Å². The second-order valence-electron chi connectivity index (χ2n) is 17.7. The van der Waals surface area contributed by atoms with E-state index in [2.05, 4.69) is 98.2 Å². The minimum atomic E-state index is 1.19. The molecule has 0 aliphatic heterocycles. The first-order chi connectivity index (χ1) is 28.6. The second kappa shape index (κ2) is 24.4. The number of anilines is 2. The van der Waals surface area contributed by atoms with E-state index in [1.807, 2.05) is 22.7 Å². The number of rotatable bonds is 30. The van der Waals surface area contributed by atoms with Gasteiger partial charge in [0.25, 0.3) is 0 Å². The number of hydrogen-bond donors (Lipinski definition) is 0. The Hall–Kier alpha value is -2.82. The molecule has 0 aliphatic rings. The average Bonchev–Trinajstić information content (AvgIpc) is 3.86. The van der Waals surface area contributed by atoms with Crippen molar-refractivity contribution >= 4 is 85.2 Å². The molecule has 2 nitrogen and oxygen atoms in total. The van der Waals surface area contributed by atoms with Gasteiger partial charge in [0.1, 0.15) is 0 Å². The van der Waals surface area contributed by atoms with Gasteiger partial charge < -0.3 is 9.80 Å². The topological polar surface area (TPSA) is 6.48 Å². The maximum atomic E-state index is 2.74. The molecule has 0 radical (unpaired) electrons. The minimum absolute atomic E-state index is 1.19. The molecule has 6 rings (SSSR count). The quantitative estimate of drug-likeness (QED) is 0.0330. The first kappa shape index (κ1) is 44.7. The Morgan fingerprint density at radius 2 is 0.621 bits per heavy atom. The van der Waals surface area contributed by atoms with Gasteiger partial charge in [-0.05, 0) is 105 Å². The van der Waals surface area contributed by atoms with Crippen molar-refractivity contribution < 1.29 is 0 Å². The number of benzene rings is 4. The second-order valence-corrected chi connectivity index (χ2v) is 19.8. The van der Waals surface area contributed by atoms with Gasteiger partial charge in [-0.25, -0.2) is 0 Å². The van der Waals surface area contributed by atoms with Gasteiger partial charge in [-0.1, -0.05) is 180 Å². The molecule has 0 fully saturated rings. The van der Waals surface area contributed by atoms with Crippen LogP contribution in [0.4, 0.5) is 10.0 Å². The zero-order chi connectivity index (χ0) is 40.4. The van der Waals surface area contributed by atoms with Crippen molar-refractivity contribution in [2.24, 2.45) is 0 Å². The molecular formula is C54H78N2S2. The van der Waals surface area contributed by atoms with E-state index in [1.165, 1.54) is 243 Å². The molecule has 2 heterocycles. The number of unbranched alkanes of at least 4 members (excludes halogenated alkanes) is 20. The standard InChI is InChI=1S/C54H78N2S2/c1-5-9-13-17-21-25-33-55(34-26-22-18-14-10-6-2)53-39-45-37-43-29-31-48-47(49(43)41-51(45)57-53)32-30-44-38-46-40-54(58-52(46)42-50(44)48)56(35-27-23-19-15-11-7-3)36-28-24-20-16-12-8-4/h29-32,37-42H,5-28,33-36H2,1-4H3. The fourth-order valence-corrected chi connectivity index (χ4v) is 11.5. The Balaban J connectivity index is 1.23. The van der Waals surface area contributed by atoms with Crippen LogP contribution < -0.4 is 9.80 Å². The van der Waals surface area contributed by atoms with Crippen LogP contribution in [-0.4, -0.2) is 26.2 Å². The van der Waals surface area contributed by atoms with Gasteiger partial charge in [0.2, 0.25) is 0 Å². The number of nitrogens with zero attached hydrogens (tertiary/aromatic N) is 2. The third kappa shape index (κ3) is 12.6. The predicted molar refractivity (Wildman–Crippen MR) is 268 cm³/mol. The molecule has 0 amide bonds. The van der Waals surface area contributed by atoms with Crippen molar-refractivity contribution in [3.63, 3.8) is 0 Å². The molecule has 0 saturated heterocycles. The van der Waals surface area contributed by atoms with E-state index in [4.69, 9.17) is 0 Å². The molecule has 0 atom stereocenters. The Labute approximate surface area is 361 Å². The van der Waals surface area contributed by atoms with Crippen LogP contribution in [0.2, 0.25) is 0 Å². The lowest BCUT2D eigenvalue weighted by atomic mass is 9.96. The molecule has 0 aliphatic carbocycles. The van der Waals surface area contributed by atoms with Crippen LogP contribution in [0.3, 0.4) is 0 Å². The fourth-order valence-electron chi connectivity index (χ4n) is 9.23. The summed E-state index contributed by atoms with van der Waals surface area (Å²) < 4.78 is 2.86. The predicted octanol–water partition coefficient (Wildman–Crippen LogP) is 18.6. The van der Waals surface area contributed by atoms with Crippen LogP contribution in [-0.2, 0) is 0 Å². The Kier molecular flexibility index (Phi) is 18.8. The van der Waals surface area contributed by atoms with E-state index in [-0.39, 0.29) is 0 Å². The highest BCUT2D eigenvalue weighted by Gasteiger charge is 2.15. The summed E-state index contributed by atoms with van der Waals surface area (Å²) in [7, 11) is 0. The third-order valence-electron chi connectivity index (χ3n) is 12.8. The molecule has 4 aromatic carbocycles. The summed E-state index contributed by atoms with van der Waals surface area (Å²) >= 11 is 4.05. The zero-order valence-corrected chi connectivity index (χ0v) is 38.9. The maximum absolute atomic E-state index is 2.74. The Morgan fingerprint density at radius 1 is 0.310 bits per heavy atom. The van der Waals surface area contributed by atoms with Gasteiger partial charge in [0.05, 0.1) is 10.0 Å². The summed E-state index contributed by atoms with van der Waals surface area (Å²) in [6.07, 6.45) is 32.6. The van der Waals surface area contributed by atoms with Crippen LogP contribution in [0.15, 0.2) is 60.7 Å². The molecule has 0 spiro atoms. The van der Waals surface area contributed by atoms with Crippen molar-refractivity contribution in [2.75, 3.05) is 36.0 Å². The van der Waals surface area contributed by atoms with Crippen molar-refractivity contribution in [1.82, 2.24) is 0 Å². The SMILES string of the molecule is CCCCCCCCN(CCCCCCCC)c1cc2cc3ccc4c5cc6sc(N(CCCCCCCC)CCCCCCCC)cc6cc5ccc4c3cc2s1. The lowest BCUT2D eigenvalue weighted by Crippen LogP contribution is -2.24. The molecule has 0 bridgehead atoms. The van der Waals surface area contributed by atoms with Gasteiger partial charge in [-0.2, -0.15) is 0 Å². The van der Waals surface area contributed by atoms with Crippen LogP contribution in [0.25, 0.3) is 52.5 Å². The van der Waals surface area contributed by atoms with Gasteiger partial charge in [-0.3, -0.25) is 0 Å². The highest BCUT2D eigenvalue weighted by Crippen LogP contribution is 2.41. The molecule has 6 aromatic rings. The van der Waals surface area contributed by atoms with Crippen molar-refractivity contribution in [1.29, 1.82) is 0 Å². The van der Waals surface area contributed by atoms with Crippen molar-refractivity contribution in [3.8, 4) is 0 Å². The average molecular weight is 819 g/mol. The monoisotopic (exact) mass is 819 g/mol. The van der Waals surface area contributed by atoms with E-state index in [1.54, 1.807) is 0 Å². The Bertz CT molecular complexity index is 1910. The number of fused-ring (bicyclic) bond motifs is 7. The summed E-state index contributed by atoms with van der Waals surface area (Å²) in [4.78, 5) is 5.48. The summed E-state index contributed by atoms with van der Waals surface area (Å²) in [5.74, 6) is 0. The van der Waals surface area contributed by atoms with E-state index < -0.39 is 0 Å². The highest BCUT2D eigenvalue weighted by atomic mass is 32.1. The normalized spacial score (nSPS) is 12.0. The minimum Gasteiger partial charge on any atom is -0.363 e. The number of thiophene rings is 2.